The molecule has 0 amide bonds. The SMILES string of the molecule is CCCNc1cncc(NCCCC2CC2)c1. The first-order valence-corrected chi connectivity index (χ1v) is 6.81. The molecule has 0 spiro atoms. The van der Waals surface area contributed by atoms with Crippen LogP contribution < -0.4 is 10.6 Å². The lowest BCUT2D eigenvalue weighted by molar-refractivity contribution is 0.687. The van der Waals surface area contributed by atoms with Crippen molar-refractivity contribution in [3.8, 4) is 0 Å². The van der Waals surface area contributed by atoms with E-state index >= 15 is 0 Å². The zero-order valence-electron chi connectivity index (χ0n) is 10.7. The number of rotatable bonds is 8. The molecule has 0 aromatic carbocycles. The van der Waals surface area contributed by atoms with Crippen molar-refractivity contribution >= 4 is 11.4 Å². The first-order valence-electron chi connectivity index (χ1n) is 6.81. The van der Waals surface area contributed by atoms with E-state index in [-0.39, 0.29) is 0 Å². The van der Waals surface area contributed by atoms with E-state index in [9.17, 15) is 0 Å². The number of hydrogen-bond acceptors (Lipinski definition) is 3. The first kappa shape index (κ1) is 12.2. The minimum Gasteiger partial charge on any atom is -0.384 e. The second-order valence-corrected chi connectivity index (χ2v) is 4.90. The highest BCUT2D eigenvalue weighted by molar-refractivity contribution is 5.53. The van der Waals surface area contributed by atoms with Gasteiger partial charge in [-0.3, -0.25) is 4.98 Å². The Labute approximate surface area is 104 Å². The molecule has 0 aliphatic heterocycles. The van der Waals surface area contributed by atoms with Gasteiger partial charge in [-0.05, 0) is 31.2 Å². The number of aromatic nitrogens is 1. The fourth-order valence-electron chi connectivity index (χ4n) is 1.93. The van der Waals surface area contributed by atoms with E-state index in [0.29, 0.717) is 0 Å². The fraction of sp³-hybridized carbons (Fsp3) is 0.643. The van der Waals surface area contributed by atoms with Crippen molar-refractivity contribution in [2.24, 2.45) is 5.92 Å². The van der Waals surface area contributed by atoms with Crippen LogP contribution in [0.1, 0.15) is 39.0 Å². The summed E-state index contributed by atoms with van der Waals surface area (Å²) < 4.78 is 0. The molecule has 1 fully saturated rings. The maximum absolute atomic E-state index is 4.24. The Morgan fingerprint density at radius 2 is 1.88 bits per heavy atom. The molecule has 1 aromatic heterocycles. The summed E-state index contributed by atoms with van der Waals surface area (Å²) in [6, 6.07) is 2.14. The summed E-state index contributed by atoms with van der Waals surface area (Å²) in [4.78, 5) is 4.24. The zero-order valence-corrected chi connectivity index (χ0v) is 10.7. The van der Waals surface area contributed by atoms with Crippen molar-refractivity contribution in [1.82, 2.24) is 4.98 Å². The molecule has 1 saturated carbocycles. The van der Waals surface area contributed by atoms with Crippen LogP contribution in [0.2, 0.25) is 0 Å². The van der Waals surface area contributed by atoms with Gasteiger partial charge in [-0.25, -0.2) is 0 Å². The van der Waals surface area contributed by atoms with Gasteiger partial charge in [-0.15, -0.1) is 0 Å². The largest absolute Gasteiger partial charge is 0.384 e. The Kier molecular flexibility index (Phi) is 4.65. The zero-order chi connectivity index (χ0) is 11.9. The van der Waals surface area contributed by atoms with Crippen LogP contribution in [0, 0.1) is 5.92 Å². The van der Waals surface area contributed by atoms with E-state index < -0.39 is 0 Å². The van der Waals surface area contributed by atoms with Crippen molar-refractivity contribution in [2.45, 2.75) is 39.0 Å². The molecule has 2 rings (SSSR count). The van der Waals surface area contributed by atoms with Gasteiger partial charge in [0.05, 0.1) is 23.8 Å². The van der Waals surface area contributed by atoms with Gasteiger partial charge < -0.3 is 10.6 Å². The van der Waals surface area contributed by atoms with Crippen molar-refractivity contribution in [3.05, 3.63) is 18.5 Å². The van der Waals surface area contributed by atoms with Crippen molar-refractivity contribution in [2.75, 3.05) is 23.7 Å². The molecule has 1 aliphatic carbocycles. The molecule has 2 N–H and O–H groups in total. The summed E-state index contributed by atoms with van der Waals surface area (Å²) in [6.45, 7) is 4.24. The van der Waals surface area contributed by atoms with Crippen molar-refractivity contribution in [3.63, 3.8) is 0 Å². The van der Waals surface area contributed by atoms with Crippen molar-refractivity contribution < 1.29 is 0 Å². The number of pyridine rings is 1. The molecule has 0 bridgehead atoms. The third-order valence-electron chi connectivity index (χ3n) is 3.13. The van der Waals surface area contributed by atoms with Crippen LogP contribution in [-0.4, -0.2) is 18.1 Å². The molecule has 17 heavy (non-hydrogen) atoms. The van der Waals surface area contributed by atoms with Crippen LogP contribution in [-0.2, 0) is 0 Å². The molecule has 0 unspecified atom stereocenters. The van der Waals surface area contributed by atoms with Crippen molar-refractivity contribution in [1.29, 1.82) is 0 Å². The standard InChI is InChI=1S/C14H23N3/c1-2-7-16-13-9-14(11-15-10-13)17-8-3-4-12-5-6-12/h9-12,16-17H,2-8H2,1H3. The summed E-state index contributed by atoms with van der Waals surface area (Å²) in [5.41, 5.74) is 2.24. The minimum atomic E-state index is 1.01. The van der Waals surface area contributed by atoms with Crippen LogP contribution in [0.3, 0.4) is 0 Å². The van der Waals surface area contributed by atoms with Crippen LogP contribution in [0.15, 0.2) is 18.5 Å². The van der Waals surface area contributed by atoms with Gasteiger partial charge in [0, 0.05) is 13.1 Å². The summed E-state index contributed by atoms with van der Waals surface area (Å²) in [5.74, 6) is 1.03. The Morgan fingerprint density at radius 3 is 2.53 bits per heavy atom. The van der Waals surface area contributed by atoms with E-state index in [1.807, 2.05) is 12.4 Å². The lowest BCUT2D eigenvalue weighted by atomic mass is 10.2. The smallest absolute Gasteiger partial charge is 0.0547 e. The molecule has 1 aliphatic rings. The molecule has 94 valence electrons. The lowest BCUT2D eigenvalue weighted by Crippen LogP contribution is -2.04. The maximum Gasteiger partial charge on any atom is 0.0547 e. The predicted molar refractivity (Wildman–Crippen MR) is 73.5 cm³/mol. The highest BCUT2D eigenvalue weighted by Crippen LogP contribution is 2.33. The van der Waals surface area contributed by atoms with Gasteiger partial charge in [0.2, 0.25) is 0 Å². The molecule has 0 saturated heterocycles. The number of anilines is 2. The monoisotopic (exact) mass is 233 g/mol. The predicted octanol–water partition coefficient (Wildman–Crippen LogP) is 3.51. The van der Waals surface area contributed by atoms with E-state index in [0.717, 1.165) is 36.8 Å². The van der Waals surface area contributed by atoms with Gasteiger partial charge in [-0.1, -0.05) is 19.8 Å². The summed E-state index contributed by atoms with van der Waals surface area (Å²) in [5, 5.41) is 6.79. The number of hydrogen-bond donors (Lipinski definition) is 2. The first-order chi connectivity index (χ1) is 8.38. The van der Waals surface area contributed by atoms with Crippen LogP contribution >= 0.6 is 0 Å². The van der Waals surface area contributed by atoms with Crippen LogP contribution in [0.4, 0.5) is 11.4 Å². The Bertz CT molecular complexity index is 334. The average molecular weight is 233 g/mol. The number of nitrogens with zero attached hydrogens (tertiary/aromatic N) is 1. The quantitative estimate of drug-likeness (QED) is 0.675. The molecule has 0 atom stereocenters. The highest BCUT2D eigenvalue weighted by Gasteiger charge is 2.19. The lowest BCUT2D eigenvalue weighted by Gasteiger charge is -2.08. The summed E-state index contributed by atoms with van der Waals surface area (Å²) >= 11 is 0. The Hall–Kier alpha value is -1.25. The maximum atomic E-state index is 4.24. The summed E-state index contributed by atoms with van der Waals surface area (Å²) in [6.07, 6.45) is 10.5. The molecule has 3 nitrogen and oxygen atoms in total. The van der Waals surface area contributed by atoms with E-state index in [1.54, 1.807) is 0 Å². The van der Waals surface area contributed by atoms with Crippen LogP contribution in [0.25, 0.3) is 0 Å². The third-order valence-corrected chi connectivity index (χ3v) is 3.13. The van der Waals surface area contributed by atoms with Gasteiger partial charge in [-0.2, -0.15) is 0 Å². The fourth-order valence-corrected chi connectivity index (χ4v) is 1.93. The van der Waals surface area contributed by atoms with Gasteiger partial charge in [0.1, 0.15) is 0 Å². The Balaban J connectivity index is 1.70. The van der Waals surface area contributed by atoms with E-state index in [4.69, 9.17) is 0 Å². The van der Waals surface area contributed by atoms with Gasteiger partial charge in [0.15, 0.2) is 0 Å². The van der Waals surface area contributed by atoms with Gasteiger partial charge in [0.25, 0.3) is 0 Å². The molecular formula is C14H23N3. The second kappa shape index (κ2) is 6.48. The Morgan fingerprint density at radius 1 is 1.18 bits per heavy atom. The van der Waals surface area contributed by atoms with E-state index in [2.05, 4.69) is 28.6 Å². The number of nitrogens with one attached hydrogen (secondary N) is 2. The normalized spacial score (nSPS) is 14.6. The van der Waals surface area contributed by atoms with Gasteiger partial charge >= 0.3 is 0 Å². The third kappa shape index (κ3) is 4.63. The minimum absolute atomic E-state index is 1.01. The average Bonchev–Trinajstić information content (AvgIpc) is 3.17. The second-order valence-electron chi connectivity index (χ2n) is 4.90. The molecule has 0 radical (unpaired) electrons. The highest BCUT2D eigenvalue weighted by atomic mass is 14.9. The molecule has 1 aromatic rings. The topological polar surface area (TPSA) is 37.0 Å². The summed E-state index contributed by atoms with van der Waals surface area (Å²) in [7, 11) is 0. The van der Waals surface area contributed by atoms with Crippen LogP contribution in [0.5, 0.6) is 0 Å². The molecule has 1 heterocycles. The molecule has 3 heteroatoms. The van der Waals surface area contributed by atoms with E-state index in [1.165, 1.54) is 25.7 Å². The molecular weight excluding hydrogens is 210 g/mol.